The smallest absolute Gasteiger partial charge is 0.472 e. The van der Waals surface area contributed by atoms with Crippen LogP contribution in [0.3, 0.4) is 0 Å². The summed E-state index contributed by atoms with van der Waals surface area (Å²) in [4.78, 5) is 46.0. The van der Waals surface area contributed by atoms with Crippen molar-refractivity contribution in [1.29, 1.82) is 0 Å². The van der Waals surface area contributed by atoms with Crippen molar-refractivity contribution in [3.05, 3.63) is 182 Å². The monoisotopic (exact) mass is 944 g/mol. The normalized spacial score (nSPS) is 15.2. The Labute approximate surface area is 402 Å². The number of nitrogens with two attached hydrogens (primary N) is 1. The van der Waals surface area contributed by atoms with Crippen LogP contribution in [0.2, 0.25) is 0 Å². The Balaban J connectivity index is 4.64. The van der Waals surface area contributed by atoms with E-state index in [2.05, 4.69) is 132 Å². The van der Waals surface area contributed by atoms with E-state index >= 15 is 0 Å². The molecular formula is C55H78NO10P. The first-order valence-electron chi connectivity index (χ1n) is 23.2. The molecule has 0 aromatic heterocycles. The van der Waals surface area contributed by atoms with Crippen LogP contribution in [0.5, 0.6) is 0 Å². The second-order valence-corrected chi connectivity index (χ2v) is 16.0. The Hall–Kier alpha value is -5.42. The van der Waals surface area contributed by atoms with Crippen molar-refractivity contribution in [3.63, 3.8) is 0 Å². The van der Waals surface area contributed by atoms with Crippen LogP contribution in [0, 0.1) is 0 Å². The van der Waals surface area contributed by atoms with Gasteiger partial charge in [0.15, 0.2) is 6.10 Å². The molecule has 0 aromatic carbocycles. The number of hydrogen-bond acceptors (Lipinski definition) is 9. The van der Waals surface area contributed by atoms with Crippen LogP contribution in [0.1, 0.15) is 110 Å². The molecule has 0 aliphatic heterocycles. The summed E-state index contributed by atoms with van der Waals surface area (Å²) in [7, 11) is -4.78. The van der Waals surface area contributed by atoms with Gasteiger partial charge in [-0.05, 0) is 97.3 Å². The molecule has 12 heteroatoms. The quantitative estimate of drug-likeness (QED) is 0.0303. The van der Waals surface area contributed by atoms with E-state index < -0.39 is 57.7 Å². The maximum atomic E-state index is 12.6. The molecule has 67 heavy (non-hydrogen) atoms. The molecule has 0 fully saturated rings. The van der Waals surface area contributed by atoms with Crippen LogP contribution in [-0.2, 0) is 37.5 Å². The van der Waals surface area contributed by atoms with Crippen molar-refractivity contribution in [2.45, 2.75) is 122 Å². The summed E-state index contributed by atoms with van der Waals surface area (Å²) in [5, 5.41) is 8.91. The Bertz CT molecular complexity index is 1820. The maximum Gasteiger partial charge on any atom is 0.472 e. The lowest BCUT2D eigenvalue weighted by Crippen LogP contribution is -2.34. The fraction of sp³-hybridized carbons (Fsp3) is 0.400. The van der Waals surface area contributed by atoms with Gasteiger partial charge in [0.1, 0.15) is 12.6 Å². The molecule has 1 unspecified atom stereocenters. The molecule has 0 bridgehead atoms. The first-order chi connectivity index (χ1) is 32.6. The second-order valence-electron chi connectivity index (χ2n) is 14.5. The summed E-state index contributed by atoms with van der Waals surface area (Å²) < 4.78 is 32.5. The minimum atomic E-state index is -4.78. The van der Waals surface area contributed by atoms with Crippen molar-refractivity contribution in [2.24, 2.45) is 5.73 Å². The number of carbonyl (C=O) groups excluding carboxylic acids is 2. The zero-order valence-corrected chi connectivity index (χ0v) is 40.8. The number of esters is 2. The first-order valence-corrected chi connectivity index (χ1v) is 24.7. The Morgan fingerprint density at radius 1 is 0.433 bits per heavy atom. The molecule has 0 saturated heterocycles. The summed E-state index contributed by atoms with van der Waals surface area (Å²) in [6.07, 6.45) is 71.7. The summed E-state index contributed by atoms with van der Waals surface area (Å²) in [6.45, 7) is 2.12. The number of ether oxygens (including phenoxy) is 2. The number of phosphoric ester groups is 1. The highest BCUT2D eigenvalue weighted by atomic mass is 31.2. The van der Waals surface area contributed by atoms with Crippen molar-refractivity contribution >= 4 is 25.7 Å². The molecular weight excluding hydrogens is 866 g/mol. The predicted molar refractivity (Wildman–Crippen MR) is 276 cm³/mol. The number of carboxylic acids is 1. The van der Waals surface area contributed by atoms with E-state index in [1.807, 2.05) is 50.3 Å². The number of aliphatic carboxylic acids is 1. The highest BCUT2D eigenvalue weighted by Gasteiger charge is 2.28. The number of allylic oxidation sites excluding steroid dienone is 28. The SMILES string of the molecule is CC=CCC=CCC=CCC=CCC=CCC=CCC=CCC=CCC(=O)OC[C@H](COP(=O)(O)OC[C@H](N)C(=O)O)OC(=O)CC=CCC=CCC=CCC=CCC=CCC=CCC=CC. The molecule has 0 radical (unpaired) electrons. The molecule has 0 spiro atoms. The fourth-order valence-corrected chi connectivity index (χ4v) is 5.80. The summed E-state index contributed by atoms with van der Waals surface area (Å²) in [6, 6.07) is -1.56. The molecule has 4 N–H and O–H groups in total. The van der Waals surface area contributed by atoms with Crippen LogP contribution >= 0.6 is 7.82 Å². The molecule has 11 nitrogen and oxygen atoms in total. The first kappa shape index (κ1) is 61.6. The molecule has 0 aliphatic carbocycles. The third-order valence-electron chi connectivity index (χ3n) is 8.63. The van der Waals surface area contributed by atoms with E-state index in [9.17, 15) is 23.8 Å². The van der Waals surface area contributed by atoms with E-state index in [-0.39, 0.29) is 12.8 Å². The van der Waals surface area contributed by atoms with Gasteiger partial charge in [-0.1, -0.05) is 182 Å². The van der Waals surface area contributed by atoms with Crippen LogP contribution < -0.4 is 5.73 Å². The van der Waals surface area contributed by atoms with Crippen LogP contribution in [-0.4, -0.2) is 59.9 Å². The molecule has 0 heterocycles. The molecule has 3 atom stereocenters. The summed E-state index contributed by atoms with van der Waals surface area (Å²) in [5.41, 5.74) is 5.33. The van der Waals surface area contributed by atoms with Gasteiger partial charge in [-0.15, -0.1) is 0 Å². The average molecular weight is 944 g/mol. The summed E-state index contributed by atoms with van der Waals surface area (Å²) in [5.74, 6) is -2.73. The van der Waals surface area contributed by atoms with Gasteiger partial charge in [-0.3, -0.25) is 23.4 Å². The van der Waals surface area contributed by atoms with E-state index in [0.29, 0.717) is 12.8 Å². The van der Waals surface area contributed by atoms with Gasteiger partial charge < -0.3 is 25.2 Å². The van der Waals surface area contributed by atoms with Crippen molar-refractivity contribution in [3.8, 4) is 0 Å². The third kappa shape index (κ3) is 46.9. The minimum Gasteiger partial charge on any atom is -0.480 e. The topological polar surface area (TPSA) is 172 Å². The number of hydrogen-bond donors (Lipinski definition) is 3. The van der Waals surface area contributed by atoms with Gasteiger partial charge >= 0.3 is 25.7 Å². The molecule has 368 valence electrons. The maximum absolute atomic E-state index is 12.6. The van der Waals surface area contributed by atoms with E-state index in [4.69, 9.17) is 24.8 Å². The molecule has 0 amide bonds. The lowest BCUT2D eigenvalue weighted by atomic mass is 10.2. The number of phosphoric acid groups is 1. The molecule has 0 saturated carbocycles. The highest BCUT2D eigenvalue weighted by Crippen LogP contribution is 2.43. The predicted octanol–water partition coefficient (Wildman–Crippen LogP) is 13.2. The zero-order valence-electron chi connectivity index (χ0n) is 39.9. The molecule has 0 aliphatic rings. The largest absolute Gasteiger partial charge is 0.480 e. The molecule has 0 rings (SSSR count). The van der Waals surface area contributed by atoms with Gasteiger partial charge in [-0.25, -0.2) is 4.57 Å². The third-order valence-corrected chi connectivity index (χ3v) is 9.58. The van der Waals surface area contributed by atoms with Crippen LogP contribution in [0.15, 0.2) is 182 Å². The zero-order chi connectivity index (χ0) is 49.2. The van der Waals surface area contributed by atoms with Crippen molar-refractivity contribution < 1.29 is 47.5 Å². The van der Waals surface area contributed by atoms with Crippen LogP contribution in [0.25, 0.3) is 0 Å². The number of rotatable bonds is 40. The molecule has 0 aromatic rings. The van der Waals surface area contributed by atoms with Gasteiger partial charge in [0.2, 0.25) is 0 Å². The minimum absolute atomic E-state index is 0.0472. The Morgan fingerprint density at radius 3 is 1.00 bits per heavy atom. The fourth-order valence-electron chi connectivity index (χ4n) is 5.02. The highest BCUT2D eigenvalue weighted by molar-refractivity contribution is 7.47. The van der Waals surface area contributed by atoms with E-state index in [1.165, 1.54) is 0 Å². The number of carboxylic acid groups (broad SMARTS) is 1. The van der Waals surface area contributed by atoms with Crippen molar-refractivity contribution in [2.75, 3.05) is 19.8 Å². The lowest BCUT2D eigenvalue weighted by molar-refractivity contribution is -0.160. The van der Waals surface area contributed by atoms with Gasteiger partial charge in [0, 0.05) is 0 Å². The van der Waals surface area contributed by atoms with E-state index in [0.717, 1.165) is 70.6 Å². The van der Waals surface area contributed by atoms with Gasteiger partial charge in [-0.2, -0.15) is 0 Å². The van der Waals surface area contributed by atoms with Gasteiger partial charge in [0.05, 0.1) is 26.1 Å². The van der Waals surface area contributed by atoms with Gasteiger partial charge in [0.25, 0.3) is 0 Å². The second kappa shape index (κ2) is 47.1. The van der Waals surface area contributed by atoms with E-state index in [1.54, 1.807) is 18.2 Å². The summed E-state index contributed by atoms with van der Waals surface area (Å²) >= 11 is 0. The number of carbonyl (C=O) groups is 3. The Kier molecular flexibility index (Phi) is 43.3. The average Bonchev–Trinajstić information content (AvgIpc) is 3.31. The van der Waals surface area contributed by atoms with Crippen molar-refractivity contribution in [1.82, 2.24) is 0 Å². The standard InChI is InChI=1S/C55H78NO10P/c1-3-5-7-9-11-13-15-17-19-21-23-25-26-27-29-30-32-34-36-38-40-42-44-46-53(57)63-48-51(49-64-67(61,62)65-50-52(56)55(59)60)66-54(58)47-45-43-41-39-37-35-33-31-28-24-22-20-18-16-14-12-10-8-6-4-2/h3-6,9-12,15-18,21-24,26-27,30-33,36-39,42-45,51-52H,7-8,13-14,19-20,25,28-29,34-35,40-41,46-50,56H2,1-2H3,(H,59,60)(H,61,62)/t51-,52+/m1/s1. The Morgan fingerprint density at radius 2 is 0.701 bits per heavy atom. The van der Waals surface area contributed by atoms with Crippen LogP contribution in [0.4, 0.5) is 0 Å². The lowest BCUT2D eigenvalue weighted by Gasteiger charge is -2.20.